The van der Waals surface area contributed by atoms with E-state index in [-0.39, 0.29) is 0 Å². The lowest BCUT2D eigenvalue weighted by Gasteiger charge is -2.22. The van der Waals surface area contributed by atoms with Crippen molar-refractivity contribution in [2.24, 2.45) is 5.16 Å². The van der Waals surface area contributed by atoms with E-state index < -0.39 is 0 Å². The second-order valence-corrected chi connectivity index (χ2v) is 4.16. The van der Waals surface area contributed by atoms with Gasteiger partial charge >= 0.3 is 0 Å². The first-order chi connectivity index (χ1) is 6.79. The van der Waals surface area contributed by atoms with Crippen molar-refractivity contribution in [3.05, 3.63) is 0 Å². The molecule has 3 nitrogen and oxygen atoms in total. The molecule has 0 saturated heterocycles. The maximum atomic E-state index is 5.11. The minimum absolute atomic E-state index is 0.682. The summed E-state index contributed by atoms with van der Waals surface area (Å²) in [7, 11) is 0. The molecule has 0 aliphatic heterocycles. The summed E-state index contributed by atoms with van der Waals surface area (Å²) >= 11 is 0. The van der Waals surface area contributed by atoms with Gasteiger partial charge in [0.25, 0.3) is 0 Å². The van der Waals surface area contributed by atoms with Crippen molar-refractivity contribution in [2.45, 2.75) is 52.0 Å². The second kappa shape index (κ2) is 6.82. The molecule has 0 aromatic carbocycles. The molecule has 1 aliphatic carbocycles. The normalized spacial score (nSPS) is 17.9. The highest BCUT2D eigenvalue weighted by molar-refractivity contribution is 5.78. The molecule has 14 heavy (non-hydrogen) atoms. The fraction of sp³-hybridized carbons (Fsp3) is 0.909. The van der Waals surface area contributed by atoms with Gasteiger partial charge in [-0.3, -0.25) is 0 Å². The van der Waals surface area contributed by atoms with Crippen LogP contribution in [0.25, 0.3) is 0 Å². The van der Waals surface area contributed by atoms with Crippen LogP contribution in [-0.2, 0) is 4.84 Å². The molecular weight excluding hydrogens is 176 g/mol. The van der Waals surface area contributed by atoms with E-state index in [0.29, 0.717) is 6.61 Å². The minimum Gasteiger partial charge on any atom is -0.395 e. The van der Waals surface area contributed by atoms with Gasteiger partial charge in [0.2, 0.25) is 0 Å². The molecule has 0 amide bonds. The predicted octanol–water partition coefficient (Wildman–Crippen LogP) is 2.32. The molecule has 1 rings (SSSR count). The number of nitrogens with zero attached hydrogens (tertiary/aromatic N) is 1. The molecule has 0 aromatic rings. The maximum Gasteiger partial charge on any atom is 0.129 e. The largest absolute Gasteiger partial charge is 0.395 e. The smallest absolute Gasteiger partial charge is 0.129 e. The van der Waals surface area contributed by atoms with E-state index in [0.717, 1.165) is 18.3 Å². The zero-order chi connectivity index (χ0) is 10.2. The van der Waals surface area contributed by atoms with Gasteiger partial charge in [0.1, 0.15) is 6.61 Å². The monoisotopic (exact) mass is 198 g/mol. The van der Waals surface area contributed by atoms with Crippen LogP contribution in [0.5, 0.6) is 0 Å². The Hall–Kier alpha value is -0.570. The molecular formula is C11H22N2O. The van der Waals surface area contributed by atoms with Crippen molar-refractivity contribution < 1.29 is 4.84 Å². The highest BCUT2D eigenvalue weighted by Crippen LogP contribution is 2.16. The van der Waals surface area contributed by atoms with Gasteiger partial charge < -0.3 is 10.2 Å². The van der Waals surface area contributed by atoms with Crippen molar-refractivity contribution in [1.29, 1.82) is 0 Å². The standard InChI is InChI=1S/C11H22N2O/c1-10(2)13-14-9-8-12-11-6-4-3-5-7-11/h11-12H,3-9H2,1-2H3. The molecule has 0 bridgehead atoms. The fourth-order valence-electron chi connectivity index (χ4n) is 1.79. The van der Waals surface area contributed by atoms with Crippen molar-refractivity contribution in [3.8, 4) is 0 Å². The van der Waals surface area contributed by atoms with Crippen LogP contribution in [0.15, 0.2) is 5.16 Å². The van der Waals surface area contributed by atoms with Crippen molar-refractivity contribution in [1.82, 2.24) is 5.32 Å². The van der Waals surface area contributed by atoms with Crippen LogP contribution in [0.1, 0.15) is 46.0 Å². The Labute approximate surface area is 86.9 Å². The van der Waals surface area contributed by atoms with Crippen molar-refractivity contribution >= 4 is 5.71 Å². The third kappa shape index (κ3) is 5.22. The SMILES string of the molecule is CC(C)=NOCCNC1CCCCC1. The third-order valence-electron chi connectivity index (χ3n) is 2.48. The van der Waals surface area contributed by atoms with Gasteiger partial charge in [-0.25, -0.2) is 0 Å². The van der Waals surface area contributed by atoms with E-state index in [1.807, 2.05) is 13.8 Å². The third-order valence-corrected chi connectivity index (χ3v) is 2.48. The Bertz CT molecular complexity index is 170. The minimum atomic E-state index is 0.682. The van der Waals surface area contributed by atoms with Gasteiger partial charge in [-0.05, 0) is 26.7 Å². The highest BCUT2D eigenvalue weighted by Gasteiger charge is 2.11. The van der Waals surface area contributed by atoms with Crippen molar-refractivity contribution in [2.75, 3.05) is 13.2 Å². The summed E-state index contributed by atoms with van der Waals surface area (Å²) in [5, 5.41) is 7.38. The van der Waals surface area contributed by atoms with Crippen LogP contribution in [0.2, 0.25) is 0 Å². The molecule has 0 aromatic heterocycles. The maximum absolute atomic E-state index is 5.11. The van der Waals surface area contributed by atoms with Gasteiger partial charge in [0.15, 0.2) is 0 Å². The molecule has 1 saturated carbocycles. The average Bonchev–Trinajstić information content (AvgIpc) is 2.18. The zero-order valence-electron chi connectivity index (χ0n) is 9.38. The Morgan fingerprint density at radius 3 is 2.64 bits per heavy atom. The first-order valence-corrected chi connectivity index (χ1v) is 5.65. The molecule has 3 heteroatoms. The van der Waals surface area contributed by atoms with Gasteiger partial charge in [-0.1, -0.05) is 24.4 Å². The molecule has 0 unspecified atom stereocenters. The summed E-state index contributed by atoms with van der Waals surface area (Å²) in [5.41, 5.74) is 0.975. The summed E-state index contributed by atoms with van der Waals surface area (Å²) in [5.74, 6) is 0. The highest BCUT2D eigenvalue weighted by atomic mass is 16.6. The summed E-state index contributed by atoms with van der Waals surface area (Å²) in [6.07, 6.45) is 6.83. The van der Waals surface area contributed by atoms with E-state index >= 15 is 0 Å². The quantitative estimate of drug-likeness (QED) is 0.418. The molecule has 1 fully saturated rings. The summed E-state index contributed by atoms with van der Waals surface area (Å²) in [6.45, 7) is 5.48. The molecule has 82 valence electrons. The first kappa shape index (κ1) is 11.5. The van der Waals surface area contributed by atoms with Crippen molar-refractivity contribution in [3.63, 3.8) is 0 Å². The number of nitrogens with one attached hydrogen (secondary N) is 1. The van der Waals surface area contributed by atoms with E-state index in [1.54, 1.807) is 0 Å². The second-order valence-electron chi connectivity index (χ2n) is 4.16. The zero-order valence-corrected chi connectivity index (χ0v) is 9.38. The van der Waals surface area contributed by atoms with Crippen LogP contribution in [0, 0.1) is 0 Å². The van der Waals surface area contributed by atoms with Gasteiger partial charge in [0, 0.05) is 12.6 Å². The molecule has 0 heterocycles. The molecule has 0 spiro atoms. The van der Waals surface area contributed by atoms with Gasteiger partial charge in [-0.2, -0.15) is 0 Å². The van der Waals surface area contributed by atoms with E-state index in [4.69, 9.17) is 4.84 Å². The lowest BCUT2D eigenvalue weighted by molar-refractivity contribution is 0.141. The summed E-state index contributed by atoms with van der Waals surface area (Å²) < 4.78 is 0. The fourth-order valence-corrected chi connectivity index (χ4v) is 1.79. The summed E-state index contributed by atoms with van der Waals surface area (Å²) in [4.78, 5) is 5.11. The van der Waals surface area contributed by atoms with E-state index in [2.05, 4.69) is 10.5 Å². The van der Waals surface area contributed by atoms with E-state index in [1.165, 1.54) is 32.1 Å². The first-order valence-electron chi connectivity index (χ1n) is 5.65. The lowest BCUT2D eigenvalue weighted by Crippen LogP contribution is -2.33. The average molecular weight is 198 g/mol. The predicted molar refractivity (Wildman–Crippen MR) is 59.6 cm³/mol. The number of hydrogen-bond donors (Lipinski definition) is 1. The Kier molecular flexibility index (Phi) is 5.60. The van der Waals surface area contributed by atoms with Crippen LogP contribution < -0.4 is 5.32 Å². The number of hydrogen-bond acceptors (Lipinski definition) is 3. The van der Waals surface area contributed by atoms with Gasteiger partial charge in [0.05, 0.1) is 5.71 Å². The Morgan fingerprint density at radius 1 is 1.29 bits per heavy atom. The summed E-state index contributed by atoms with van der Waals surface area (Å²) in [6, 6.07) is 0.721. The van der Waals surface area contributed by atoms with E-state index in [9.17, 15) is 0 Å². The molecule has 1 aliphatic rings. The number of oxime groups is 1. The van der Waals surface area contributed by atoms with Crippen LogP contribution in [0.3, 0.4) is 0 Å². The van der Waals surface area contributed by atoms with Crippen LogP contribution in [0.4, 0.5) is 0 Å². The molecule has 0 radical (unpaired) electrons. The lowest BCUT2D eigenvalue weighted by atomic mass is 9.96. The Balaban J connectivity index is 1.95. The molecule has 0 atom stereocenters. The number of rotatable bonds is 5. The van der Waals surface area contributed by atoms with Crippen LogP contribution >= 0.6 is 0 Å². The molecule has 1 N–H and O–H groups in total. The van der Waals surface area contributed by atoms with Crippen LogP contribution in [-0.4, -0.2) is 24.9 Å². The Morgan fingerprint density at radius 2 is 2.00 bits per heavy atom. The van der Waals surface area contributed by atoms with Gasteiger partial charge in [-0.15, -0.1) is 0 Å². The topological polar surface area (TPSA) is 33.6 Å².